The van der Waals surface area contributed by atoms with E-state index in [-0.39, 0.29) is 31.3 Å². The van der Waals surface area contributed by atoms with E-state index in [9.17, 15) is 14.4 Å². The Labute approximate surface area is 178 Å². The van der Waals surface area contributed by atoms with Crippen LogP contribution in [0.25, 0.3) is 0 Å². The molecule has 0 radical (unpaired) electrons. The van der Waals surface area contributed by atoms with E-state index >= 15 is 0 Å². The predicted octanol–water partition coefficient (Wildman–Crippen LogP) is 2.21. The van der Waals surface area contributed by atoms with Gasteiger partial charge in [0.25, 0.3) is 0 Å². The molecule has 8 nitrogen and oxygen atoms in total. The first-order chi connectivity index (χ1) is 13.9. The SMILES string of the molecule is CN(C)C(=O)C1CCC(N)(C(=O)OCc2ccccc2)C(NC(=O)OC(C)(C)C)C1. The highest BCUT2D eigenvalue weighted by molar-refractivity contribution is 5.85. The lowest BCUT2D eigenvalue weighted by Crippen LogP contribution is -2.67. The van der Waals surface area contributed by atoms with Crippen LogP contribution in [0.3, 0.4) is 0 Å². The van der Waals surface area contributed by atoms with Gasteiger partial charge in [-0.25, -0.2) is 9.59 Å². The third-order valence-electron chi connectivity index (χ3n) is 5.12. The zero-order valence-corrected chi connectivity index (χ0v) is 18.4. The number of nitrogens with one attached hydrogen (secondary N) is 1. The van der Waals surface area contributed by atoms with Crippen LogP contribution in [0.4, 0.5) is 4.79 Å². The molecule has 3 atom stereocenters. The second-order valence-electron chi connectivity index (χ2n) is 9.00. The number of benzene rings is 1. The lowest BCUT2D eigenvalue weighted by Gasteiger charge is -2.42. The summed E-state index contributed by atoms with van der Waals surface area (Å²) in [4.78, 5) is 39.3. The number of amides is 2. The molecule has 0 aromatic heterocycles. The smallest absolute Gasteiger partial charge is 0.407 e. The van der Waals surface area contributed by atoms with Crippen LogP contribution in [0, 0.1) is 5.92 Å². The minimum absolute atomic E-state index is 0.0642. The first-order valence-corrected chi connectivity index (χ1v) is 10.1. The molecule has 1 aromatic rings. The maximum absolute atomic E-state index is 12.9. The fraction of sp³-hybridized carbons (Fsp3) is 0.591. The number of carbonyl (C=O) groups is 3. The average Bonchev–Trinajstić information content (AvgIpc) is 2.66. The number of nitrogens with zero attached hydrogens (tertiary/aromatic N) is 1. The molecule has 0 heterocycles. The molecule has 1 aliphatic rings. The van der Waals surface area contributed by atoms with Crippen molar-refractivity contribution >= 4 is 18.0 Å². The summed E-state index contributed by atoms with van der Waals surface area (Å²) in [6.45, 7) is 5.32. The molecule has 3 unspecified atom stereocenters. The molecule has 30 heavy (non-hydrogen) atoms. The topological polar surface area (TPSA) is 111 Å². The Kier molecular flexibility index (Phi) is 7.47. The number of ether oxygens (including phenoxy) is 2. The molecule has 1 aromatic carbocycles. The van der Waals surface area contributed by atoms with Crippen molar-refractivity contribution in [3.8, 4) is 0 Å². The molecule has 1 saturated carbocycles. The molecule has 0 saturated heterocycles. The van der Waals surface area contributed by atoms with Gasteiger partial charge in [-0.1, -0.05) is 30.3 Å². The molecule has 0 spiro atoms. The van der Waals surface area contributed by atoms with E-state index in [0.717, 1.165) is 5.56 Å². The van der Waals surface area contributed by atoms with Gasteiger partial charge in [0, 0.05) is 20.0 Å². The standard InChI is InChI=1S/C22H33N3O5/c1-21(2,3)30-20(28)24-17-13-16(18(26)25(4)5)11-12-22(17,23)19(27)29-14-15-9-7-6-8-10-15/h6-10,16-17H,11-14,23H2,1-5H3,(H,24,28). The van der Waals surface area contributed by atoms with Crippen molar-refractivity contribution in [3.05, 3.63) is 35.9 Å². The Bertz CT molecular complexity index is 760. The predicted molar refractivity (Wildman–Crippen MR) is 112 cm³/mol. The van der Waals surface area contributed by atoms with Gasteiger partial charge in [0.15, 0.2) is 0 Å². The number of alkyl carbamates (subject to hydrolysis) is 1. The lowest BCUT2D eigenvalue weighted by molar-refractivity contribution is -0.155. The largest absolute Gasteiger partial charge is 0.459 e. The van der Waals surface area contributed by atoms with Crippen LogP contribution in [-0.2, 0) is 25.7 Å². The van der Waals surface area contributed by atoms with E-state index in [1.165, 1.54) is 4.90 Å². The first kappa shape index (κ1) is 23.7. The van der Waals surface area contributed by atoms with Crippen molar-refractivity contribution in [3.63, 3.8) is 0 Å². The van der Waals surface area contributed by atoms with Crippen molar-refractivity contribution < 1.29 is 23.9 Å². The molecular weight excluding hydrogens is 386 g/mol. The summed E-state index contributed by atoms with van der Waals surface area (Å²) in [6, 6.07) is 8.48. The van der Waals surface area contributed by atoms with E-state index in [2.05, 4.69) is 5.32 Å². The number of hydrogen-bond acceptors (Lipinski definition) is 6. The van der Waals surface area contributed by atoms with E-state index in [4.69, 9.17) is 15.2 Å². The van der Waals surface area contributed by atoms with Gasteiger partial charge in [0.1, 0.15) is 17.7 Å². The summed E-state index contributed by atoms with van der Waals surface area (Å²) in [6.07, 6.45) is 0.190. The van der Waals surface area contributed by atoms with Gasteiger partial charge in [-0.2, -0.15) is 0 Å². The average molecular weight is 420 g/mol. The van der Waals surface area contributed by atoms with Gasteiger partial charge in [0.05, 0.1) is 6.04 Å². The quantitative estimate of drug-likeness (QED) is 0.708. The zero-order chi connectivity index (χ0) is 22.5. The Balaban J connectivity index is 2.17. The van der Waals surface area contributed by atoms with Gasteiger partial charge in [-0.05, 0) is 45.6 Å². The van der Waals surface area contributed by atoms with Gasteiger partial charge in [-0.15, -0.1) is 0 Å². The van der Waals surface area contributed by atoms with Gasteiger partial charge in [-0.3, -0.25) is 4.79 Å². The Hall–Kier alpha value is -2.61. The molecule has 2 rings (SSSR count). The summed E-state index contributed by atoms with van der Waals surface area (Å²) in [5.74, 6) is -1.02. The Morgan fingerprint density at radius 1 is 1.20 bits per heavy atom. The van der Waals surface area contributed by atoms with Gasteiger partial charge in [0.2, 0.25) is 5.91 Å². The summed E-state index contributed by atoms with van der Waals surface area (Å²) < 4.78 is 10.8. The maximum atomic E-state index is 12.9. The number of hydrogen-bond donors (Lipinski definition) is 2. The highest BCUT2D eigenvalue weighted by atomic mass is 16.6. The summed E-state index contributed by atoms with van der Waals surface area (Å²) in [5, 5.41) is 2.71. The maximum Gasteiger partial charge on any atom is 0.407 e. The zero-order valence-electron chi connectivity index (χ0n) is 18.4. The van der Waals surface area contributed by atoms with Crippen molar-refractivity contribution in [1.82, 2.24) is 10.2 Å². The molecule has 3 N–H and O–H groups in total. The van der Waals surface area contributed by atoms with E-state index < -0.39 is 29.2 Å². The number of esters is 1. The molecule has 8 heteroatoms. The third kappa shape index (κ3) is 6.19. The molecule has 1 fully saturated rings. The Morgan fingerprint density at radius 3 is 2.40 bits per heavy atom. The second-order valence-corrected chi connectivity index (χ2v) is 9.00. The fourth-order valence-electron chi connectivity index (χ4n) is 3.53. The number of carbonyl (C=O) groups excluding carboxylic acids is 3. The van der Waals surface area contributed by atoms with Crippen LogP contribution in [0.5, 0.6) is 0 Å². The van der Waals surface area contributed by atoms with Gasteiger partial charge >= 0.3 is 12.1 Å². The normalized spacial score (nSPS) is 23.9. The van der Waals surface area contributed by atoms with Crippen molar-refractivity contribution in [2.75, 3.05) is 14.1 Å². The molecular formula is C22H33N3O5. The molecule has 0 bridgehead atoms. The van der Waals surface area contributed by atoms with Crippen LogP contribution in [0.1, 0.15) is 45.6 Å². The summed E-state index contributed by atoms with van der Waals surface area (Å²) in [7, 11) is 3.36. The molecule has 166 valence electrons. The monoisotopic (exact) mass is 419 g/mol. The molecule has 0 aliphatic heterocycles. The highest BCUT2D eigenvalue weighted by Crippen LogP contribution is 2.33. The minimum Gasteiger partial charge on any atom is -0.459 e. The third-order valence-corrected chi connectivity index (χ3v) is 5.12. The molecule has 1 aliphatic carbocycles. The number of rotatable bonds is 5. The van der Waals surface area contributed by atoms with E-state index in [1.807, 2.05) is 30.3 Å². The second kappa shape index (κ2) is 9.47. The van der Waals surface area contributed by atoms with Crippen LogP contribution < -0.4 is 11.1 Å². The number of nitrogens with two attached hydrogens (primary N) is 1. The van der Waals surface area contributed by atoms with Crippen LogP contribution in [-0.4, -0.2) is 54.1 Å². The van der Waals surface area contributed by atoms with Crippen molar-refractivity contribution in [2.45, 2.75) is 63.8 Å². The van der Waals surface area contributed by atoms with Crippen LogP contribution >= 0.6 is 0 Å². The van der Waals surface area contributed by atoms with Gasteiger partial charge < -0.3 is 25.4 Å². The van der Waals surface area contributed by atoms with Crippen molar-refractivity contribution in [1.29, 1.82) is 0 Å². The lowest BCUT2D eigenvalue weighted by atomic mass is 9.72. The van der Waals surface area contributed by atoms with Crippen LogP contribution in [0.15, 0.2) is 30.3 Å². The van der Waals surface area contributed by atoms with E-state index in [1.54, 1.807) is 34.9 Å². The van der Waals surface area contributed by atoms with Crippen molar-refractivity contribution in [2.24, 2.45) is 11.7 Å². The first-order valence-electron chi connectivity index (χ1n) is 10.1. The fourth-order valence-corrected chi connectivity index (χ4v) is 3.53. The van der Waals surface area contributed by atoms with E-state index in [0.29, 0.717) is 6.42 Å². The summed E-state index contributed by atoms with van der Waals surface area (Å²) in [5.41, 5.74) is 5.17. The summed E-state index contributed by atoms with van der Waals surface area (Å²) >= 11 is 0. The highest BCUT2D eigenvalue weighted by Gasteiger charge is 2.50. The van der Waals surface area contributed by atoms with Crippen LogP contribution in [0.2, 0.25) is 0 Å². The molecule has 2 amide bonds. The minimum atomic E-state index is -1.45. The Morgan fingerprint density at radius 2 is 1.83 bits per heavy atom.